The molecule has 0 aliphatic carbocycles. The lowest BCUT2D eigenvalue weighted by Gasteiger charge is -2.07. The molecule has 0 fully saturated rings. The minimum atomic E-state index is -3.78. The van der Waals surface area contributed by atoms with Crippen molar-refractivity contribution in [3.63, 3.8) is 0 Å². The summed E-state index contributed by atoms with van der Waals surface area (Å²) in [5.74, 6) is 0.260. The van der Waals surface area contributed by atoms with E-state index in [1.165, 1.54) is 6.07 Å². The van der Waals surface area contributed by atoms with Crippen molar-refractivity contribution >= 4 is 50.4 Å². The maximum absolute atomic E-state index is 12.2. The number of rotatable bonds is 3. The van der Waals surface area contributed by atoms with E-state index in [1.807, 2.05) is 13.0 Å². The van der Waals surface area contributed by atoms with E-state index in [2.05, 4.69) is 9.71 Å². The van der Waals surface area contributed by atoms with Gasteiger partial charge in [-0.3, -0.25) is 4.72 Å². The molecule has 0 aliphatic heterocycles. The Hall–Kier alpha value is -0.820. The third-order valence-corrected chi connectivity index (χ3v) is 5.36. The standard InChI is InChI=1S/C11H10Cl2N2O2S2/c1-6-3-7(2)14-10(4-6)15-19(16,17)8-5-9(12)18-11(8)13/h3-5H,1-2H3,(H,14,15). The van der Waals surface area contributed by atoms with Crippen molar-refractivity contribution in [3.05, 3.63) is 38.1 Å². The van der Waals surface area contributed by atoms with Crippen molar-refractivity contribution in [1.82, 2.24) is 4.98 Å². The third kappa shape index (κ3) is 3.39. The second kappa shape index (κ2) is 5.28. The van der Waals surface area contributed by atoms with Crippen LogP contribution in [0.1, 0.15) is 11.3 Å². The number of nitrogens with one attached hydrogen (secondary N) is 1. The monoisotopic (exact) mass is 336 g/mol. The van der Waals surface area contributed by atoms with Crippen molar-refractivity contribution in [2.24, 2.45) is 0 Å². The Kier molecular flexibility index (Phi) is 4.06. The highest BCUT2D eigenvalue weighted by Crippen LogP contribution is 2.34. The molecule has 0 unspecified atom stereocenters. The molecule has 0 spiro atoms. The van der Waals surface area contributed by atoms with Gasteiger partial charge >= 0.3 is 0 Å². The lowest BCUT2D eigenvalue weighted by atomic mass is 10.2. The number of anilines is 1. The van der Waals surface area contributed by atoms with Crippen LogP contribution in [0.3, 0.4) is 0 Å². The van der Waals surface area contributed by atoms with Crippen LogP contribution >= 0.6 is 34.5 Å². The average molecular weight is 337 g/mol. The summed E-state index contributed by atoms with van der Waals surface area (Å²) in [6.07, 6.45) is 0. The summed E-state index contributed by atoms with van der Waals surface area (Å²) in [7, 11) is -3.78. The summed E-state index contributed by atoms with van der Waals surface area (Å²) < 4.78 is 27.2. The molecular weight excluding hydrogens is 327 g/mol. The zero-order valence-corrected chi connectivity index (χ0v) is 13.2. The number of sulfonamides is 1. The van der Waals surface area contributed by atoms with Crippen LogP contribution < -0.4 is 4.72 Å². The highest BCUT2D eigenvalue weighted by molar-refractivity contribution is 7.93. The number of pyridine rings is 1. The quantitative estimate of drug-likeness (QED) is 0.925. The lowest BCUT2D eigenvalue weighted by molar-refractivity contribution is 0.601. The molecule has 2 rings (SSSR count). The minimum absolute atomic E-state index is 0.0369. The molecule has 0 radical (unpaired) electrons. The van der Waals surface area contributed by atoms with E-state index in [0.29, 0.717) is 4.34 Å². The summed E-state index contributed by atoms with van der Waals surface area (Å²) >= 11 is 12.6. The van der Waals surface area contributed by atoms with Gasteiger partial charge in [0.25, 0.3) is 10.0 Å². The SMILES string of the molecule is Cc1cc(C)nc(NS(=O)(=O)c2cc(Cl)sc2Cl)c1. The van der Waals surface area contributed by atoms with E-state index in [-0.39, 0.29) is 15.0 Å². The van der Waals surface area contributed by atoms with Crippen LogP contribution in [0, 0.1) is 13.8 Å². The largest absolute Gasteiger partial charge is 0.265 e. The van der Waals surface area contributed by atoms with Crippen LogP contribution in [-0.2, 0) is 10.0 Å². The molecular formula is C11H10Cl2N2O2S2. The Labute approximate surface area is 125 Å². The number of aromatic nitrogens is 1. The van der Waals surface area contributed by atoms with Gasteiger partial charge in [-0.25, -0.2) is 13.4 Å². The van der Waals surface area contributed by atoms with Gasteiger partial charge in [0.1, 0.15) is 15.0 Å². The van der Waals surface area contributed by atoms with Crippen molar-refractivity contribution < 1.29 is 8.42 Å². The average Bonchev–Trinajstić information content (AvgIpc) is 2.56. The van der Waals surface area contributed by atoms with Crippen molar-refractivity contribution in [2.75, 3.05) is 4.72 Å². The summed E-state index contributed by atoms with van der Waals surface area (Å²) in [6.45, 7) is 3.65. The van der Waals surface area contributed by atoms with Crippen LogP contribution in [-0.4, -0.2) is 13.4 Å². The van der Waals surface area contributed by atoms with Crippen LogP contribution in [0.15, 0.2) is 23.1 Å². The Bertz CT molecular complexity index is 706. The first-order chi connectivity index (χ1) is 8.78. The fourth-order valence-electron chi connectivity index (χ4n) is 1.59. The van der Waals surface area contributed by atoms with E-state index in [1.54, 1.807) is 13.0 Å². The Morgan fingerprint density at radius 2 is 1.89 bits per heavy atom. The van der Waals surface area contributed by atoms with Gasteiger partial charge in [0.05, 0.1) is 4.34 Å². The van der Waals surface area contributed by atoms with E-state index < -0.39 is 10.0 Å². The van der Waals surface area contributed by atoms with Gasteiger partial charge in [-0.05, 0) is 37.6 Å². The summed E-state index contributed by atoms with van der Waals surface area (Å²) in [6, 6.07) is 4.82. The minimum Gasteiger partial charge on any atom is -0.263 e. The predicted molar refractivity (Wildman–Crippen MR) is 78.9 cm³/mol. The first kappa shape index (κ1) is 14.6. The predicted octanol–water partition coefficient (Wildman–Crippen LogP) is 3.87. The molecule has 19 heavy (non-hydrogen) atoms. The van der Waals surface area contributed by atoms with Crippen molar-refractivity contribution in [3.8, 4) is 0 Å². The number of nitrogens with zero attached hydrogens (tertiary/aromatic N) is 1. The second-order valence-electron chi connectivity index (χ2n) is 3.97. The van der Waals surface area contributed by atoms with E-state index in [4.69, 9.17) is 23.2 Å². The van der Waals surface area contributed by atoms with Gasteiger partial charge in [-0.1, -0.05) is 23.2 Å². The van der Waals surface area contributed by atoms with Crippen LogP contribution in [0.25, 0.3) is 0 Å². The summed E-state index contributed by atoms with van der Waals surface area (Å²) in [5, 5.41) is 0. The molecule has 0 saturated heterocycles. The molecule has 0 aliphatic rings. The molecule has 0 saturated carbocycles. The zero-order valence-electron chi connectivity index (χ0n) is 10.1. The molecule has 1 N–H and O–H groups in total. The van der Waals surface area contributed by atoms with E-state index >= 15 is 0 Å². The highest BCUT2D eigenvalue weighted by Gasteiger charge is 2.21. The molecule has 2 heterocycles. The number of aryl methyl sites for hydroxylation is 2. The Morgan fingerprint density at radius 3 is 2.42 bits per heavy atom. The fraction of sp³-hybridized carbons (Fsp3) is 0.182. The number of halogens is 2. The first-order valence-corrected chi connectivity index (χ1v) is 8.26. The first-order valence-electron chi connectivity index (χ1n) is 5.21. The molecule has 0 atom stereocenters. The van der Waals surface area contributed by atoms with Crippen LogP contribution in [0.4, 0.5) is 5.82 Å². The molecule has 2 aromatic rings. The lowest BCUT2D eigenvalue weighted by Crippen LogP contribution is -2.14. The van der Waals surface area contributed by atoms with E-state index in [0.717, 1.165) is 22.6 Å². The normalized spacial score (nSPS) is 11.6. The van der Waals surface area contributed by atoms with Gasteiger partial charge < -0.3 is 0 Å². The van der Waals surface area contributed by atoms with Gasteiger partial charge in [-0.2, -0.15) is 0 Å². The smallest absolute Gasteiger partial charge is 0.263 e. The zero-order chi connectivity index (χ0) is 14.2. The maximum Gasteiger partial charge on any atom is 0.265 e. The third-order valence-electron chi connectivity index (χ3n) is 2.25. The van der Waals surface area contributed by atoms with Crippen molar-refractivity contribution in [2.45, 2.75) is 18.7 Å². The van der Waals surface area contributed by atoms with Gasteiger partial charge in [-0.15, -0.1) is 11.3 Å². The second-order valence-corrected chi connectivity index (χ2v) is 7.90. The van der Waals surface area contributed by atoms with Gasteiger partial charge in [0, 0.05) is 5.69 Å². The van der Waals surface area contributed by atoms with Crippen molar-refractivity contribution in [1.29, 1.82) is 0 Å². The number of hydrogen-bond donors (Lipinski definition) is 1. The fourth-order valence-corrected chi connectivity index (χ4v) is 4.74. The molecule has 0 amide bonds. The van der Waals surface area contributed by atoms with Crippen LogP contribution in [0.5, 0.6) is 0 Å². The van der Waals surface area contributed by atoms with E-state index in [9.17, 15) is 8.42 Å². The Balaban J connectivity index is 2.39. The highest BCUT2D eigenvalue weighted by atomic mass is 35.5. The molecule has 0 aromatic carbocycles. The molecule has 0 bridgehead atoms. The summed E-state index contributed by atoms with van der Waals surface area (Å²) in [4.78, 5) is 4.08. The van der Waals surface area contributed by atoms with Crippen LogP contribution in [0.2, 0.25) is 8.67 Å². The Morgan fingerprint density at radius 1 is 1.21 bits per heavy atom. The topological polar surface area (TPSA) is 59.1 Å². The maximum atomic E-state index is 12.2. The molecule has 102 valence electrons. The van der Waals surface area contributed by atoms with Gasteiger partial charge in [0.2, 0.25) is 0 Å². The molecule has 8 heteroatoms. The molecule has 2 aromatic heterocycles. The van der Waals surface area contributed by atoms with Gasteiger partial charge in [0.15, 0.2) is 0 Å². The summed E-state index contributed by atoms with van der Waals surface area (Å²) in [5.41, 5.74) is 1.65. The molecule has 4 nitrogen and oxygen atoms in total. The number of hydrogen-bond acceptors (Lipinski definition) is 4. The number of thiophene rings is 1.